The second kappa shape index (κ2) is 6.52. The van der Waals surface area contributed by atoms with Gasteiger partial charge in [0.25, 0.3) is 0 Å². The van der Waals surface area contributed by atoms with Crippen molar-refractivity contribution in [3.05, 3.63) is 48.0 Å². The maximum Gasteiger partial charge on any atom is 0.243 e. The summed E-state index contributed by atoms with van der Waals surface area (Å²) in [5.74, 6) is 2.84. The van der Waals surface area contributed by atoms with Gasteiger partial charge in [-0.1, -0.05) is 62.5 Å². The topological polar surface area (TPSA) is 29.1 Å². The highest BCUT2D eigenvalue weighted by atomic mass is 32.1. The SMILES string of the molecule is C[C@]12C=CC(=O)N[C@@H]1CC[C@@H]1[C@@H]2CC[C@]2(C)[C@@H](C(=S)c3ccccc3)CC[C@@H]12. The Kier molecular flexibility index (Phi) is 4.32. The lowest BCUT2D eigenvalue weighted by Crippen LogP contribution is -2.59. The maximum atomic E-state index is 11.9. The number of nitrogens with one attached hydrogen (secondary N) is 1. The van der Waals surface area contributed by atoms with E-state index < -0.39 is 0 Å². The van der Waals surface area contributed by atoms with Gasteiger partial charge in [-0.3, -0.25) is 4.79 Å². The van der Waals surface area contributed by atoms with Crippen LogP contribution in [0.4, 0.5) is 0 Å². The molecule has 0 aromatic heterocycles. The van der Waals surface area contributed by atoms with E-state index >= 15 is 0 Å². The Balaban J connectivity index is 1.44. The third kappa shape index (κ3) is 2.58. The molecule has 1 aliphatic heterocycles. The minimum atomic E-state index is 0.0933. The number of rotatable bonds is 2. The molecule has 0 radical (unpaired) electrons. The van der Waals surface area contributed by atoms with Crippen molar-refractivity contribution in [1.82, 2.24) is 5.32 Å². The summed E-state index contributed by atoms with van der Waals surface area (Å²) in [5, 5.41) is 3.26. The van der Waals surface area contributed by atoms with Crippen LogP contribution >= 0.6 is 12.2 Å². The van der Waals surface area contributed by atoms with Crippen LogP contribution in [0, 0.1) is 34.5 Å². The summed E-state index contributed by atoms with van der Waals surface area (Å²) in [7, 11) is 0. The Morgan fingerprint density at radius 2 is 1.82 bits per heavy atom. The predicted molar refractivity (Wildman–Crippen MR) is 117 cm³/mol. The quantitative estimate of drug-likeness (QED) is 0.544. The van der Waals surface area contributed by atoms with Crippen molar-refractivity contribution in [3.8, 4) is 0 Å². The molecular weight excluding hydrogens is 362 g/mol. The molecule has 4 aliphatic rings. The van der Waals surface area contributed by atoms with Gasteiger partial charge in [-0.05, 0) is 73.3 Å². The van der Waals surface area contributed by atoms with Gasteiger partial charge in [-0.2, -0.15) is 0 Å². The molecule has 2 nitrogen and oxygen atoms in total. The molecule has 28 heavy (non-hydrogen) atoms. The van der Waals surface area contributed by atoms with Crippen LogP contribution in [-0.4, -0.2) is 16.8 Å². The smallest absolute Gasteiger partial charge is 0.243 e. The van der Waals surface area contributed by atoms with Crippen molar-refractivity contribution < 1.29 is 4.79 Å². The predicted octanol–water partition coefficient (Wildman–Crippen LogP) is 5.32. The average molecular weight is 394 g/mol. The first kappa shape index (κ1) is 18.5. The molecule has 1 aromatic rings. The molecule has 0 unspecified atom stereocenters. The molecule has 3 saturated carbocycles. The van der Waals surface area contributed by atoms with Crippen LogP contribution in [0.2, 0.25) is 0 Å². The van der Waals surface area contributed by atoms with E-state index in [0.29, 0.717) is 23.3 Å². The summed E-state index contributed by atoms with van der Waals surface area (Å²) in [6, 6.07) is 11.0. The third-order valence-corrected chi connectivity index (χ3v) is 9.58. The van der Waals surface area contributed by atoms with E-state index in [9.17, 15) is 4.79 Å². The van der Waals surface area contributed by atoms with Crippen LogP contribution in [0.25, 0.3) is 0 Å². The summed E-state index contributed by atoms with van der Waals surface area (Å²) in [4.78, 5) is 13.1. The molecule has 7 atom stereocenters. The second-order valence-corrected chi connectivity index (χ2v) is 10.6. The zero-order valence-electron chi connectivity index (χ0n) is 17.0. The van der Waals surface area contributed by atoms with Crippen molar-refractivity contribution in [1.29, 1.82) is 0 Å². The van der Waals surface area contributed by atoms with E-state index in [1.54, 1.807) is 6.08 Å². The normalized spacial score (nSPS) is 44.2. The number of amides is 1. The fourth-order valence-corrected chi connectivity index (χ4v) is 8.09. The minimum absolute atomic E-state index is 0.0933. The molecule has 0 bridgehead atoms. The van der Waals surface area contributed by atoms with Gasteiger partial charge in [0, 0.05) is 22.2 Å². The van der Waals surface area contributed by atoms with Crippen LogP contribution in [0.5, 0.6) is 0 Å². The van der Waals surface area contributed by atoms with Gasteiger partial charge in [0.1, 0.15) is 0 Å². The van der Waals surface area contributed by atoms with E-state index in [1.165, 1.54) is 42.5 Å². The summed E-state index contributed by atoms with van der Waals surface area (Å²) < 4.78 is 0. The second-order valence-electron chi connectivity index (χ2n) is 10.1. The van der Waals surface area contributed by atoms with Crippen LogP contribution in [0.3, 0.4) is 0 Å². The molecule has 0 saturated heterocycles. The van der Waals surface area contributed by atoms with E-state index in [2.05, 4.69) is 55.6 Å². The highest BCUT2D eigenvalue weighted by Crippen LogP contribution is 2.65. The van der Waals surface area contributed by atoms with Crippen LogP contribution in [0.15, 0.2) is 42.5 Å². The van der Waals surface area contributed by atoms with Crippen LogP contribution < -0.4 is 5.32 Å². The van der Waals surface area contributed by atoms with Gasteiger partial charge in [0.15, 0.2) is 0 Å². The maximum absolute atomic E-state index is 11.9. The van der Waals surface area contributed by atoms with Crippen LogP contribution in [0.1, 0.15) is 57.9 Å². The van der Waals surface area contributed by atoms with Gasteiger partial charge >= 0.3 is 0 Å². The van der Waals surface area contributed by atoms with Crippen molar-refractivity contribution in [2.45, 2.75) is 58.4 Å². The van der Waals surface area contributed by atoms with E-state index in [4.69, 9.17) is 12.2 Å². The minimum Gasteiger partial charge on any atom is -0.349 e. The first-order chi connectivity index (χ1) is 13.4. The summed E-state index contributed by atoms with van der Waals surface area (Å²) in [6.45, 7) is 4.93. The molecule has 1 heterocycles. The Labute approximate surface area is 174 Å². The van der Waals surface area contributed by atoms with E-state index in [-0.39, 0.29) is 11.3 Å². The summed E-state index contributed by atoms with van der Waals surface area (Å²) in [6.07, 6.45) is 11.5. The molecule has 1 N–H and O–H groups in total. The molecular formula is C25H31NOS. The largest absolute Gasteiger partial charge is 0.349 e. The fraction of sp³-hybridized carbons (Fsp3) is 0.600. The number of carbonyl (C=O) groups is 1. The zero-order chi connectivity index (χ0) is 19.5. The first-order valence-electron chi connectivity index (χ1n) is 11.0. The number of thiocarbonyl (C=S) groups is 1. The Morgan fingerprint density at radius 3 is 2.61 bits per heavy atom. The molecule has 3 heteroatoms. The number of fused-ring (bicyclic) bond motifs is 5. The molecule has 5 rings (SSSR count). The molecule has 0 spiro atoms. The molecule has 1 amide bonds. The van der Waals surface area contributed by atoms with Crippen LogP contribution in [-0.2, 0) is 4.79 Å². The van der Waals surface area contributed by atoms with E-state index in [1.807, 2.05) is 0 Å². The van der Waals surface area contributed by atoms with Gasteiger partial charge in [-0.15, -0.1) is 0 Å². The van der Waals surface area contributed by atoms with E-state index in [0.717, 1.165) is 18.3 Å². The number of carbonyl (C=O) groups excluding carboxylic acids is 1. The summed E-state index contributed by atoms with van der Waals surface area (Å²) >= 11 is 6.04. The highest BCUT2D eigenvalue weighted by molar-refractivity contribution is 7.80. The van der Waals surface area contributed by atoms with Crippen molar-refractivity contribution in [3.63, 3.8) is 0 Å². The monoisotopic (exact) mass is 393 g/mol. The van der Waals surface area contributed by atoms with Gasteiger partial charge < -0.3 is 5.32 Å². The number of hydrogen-bond acceptors (Lipinski definition) is 2. The van der Waals surface area contributed by atoms with Gasteiger partial charge in [0.2, 0.25) is 5.91 Å². The van der Waals surface area contributed by atoms with Gasteiger partial charge in [-0.25, -0.2) is 0 Å². The number of benzene rings is 1. The van der Waals surface area contributed by atoms with Crippen molar-refractivity contribution in [2.24, 2.45) is 34.5 Å². The molecule has 1 aromatic carbocycles. The van der Waals surface area contributed by atoms with Crippen molar-refractivity contribution in [2.75, 3.05) is 0 Å². The molecule has 148 valence electrons. The molecule has 3 fully saturated rings. The highest BCUT2D eigenvalue weighted by Gasteiger charge is 2.60. The lowest BCUT2D eigenvalue weighted by atomic mass is 9.47. The first-order valence-corrected chi connectivity index (χ1v) is 11.4. The molecule has 3 aliphatic carbocycles. The fourth-order valence-electron chi connectivity index (χ4n) is 7.57. The third-order valence-electron chi connectivity index (χ3n) is 9.06. The standard InChI is InChI=1S/C25H31NOS/c1-24-14-12-19-17(8-11-21-25(19,2)15-13-22(27)26-21)18(24)9-10-20(24)23(28)16-6-4-3-5-7-16/h3-7,13,15,17-21H,8-12,14H2,1-2H3,(H,26,27)/t17-,18-,19-,20+,21+,24-,25+/m0/s1. The lowest BCUT2D eigenvalue weighted by Gasteiger charge is -2.59. The average Bonchev–Trinajstić information content (AvgIpc) is 3.06. The Bertz CT molecular complexity index is 832. The Morgan fingerprint density at radius 1 is 1.04 bits per heavy atom. The zero-order valence-corrected chi connectivity index (χ0v) is 17.8. The number of hydrogen-bond donors (Lipinski definition) is 1. The van der Waals surface area contributed by atoms with Crippen molar-refractivity contribution >= 4 is 23.0 Å². The summed E-state index contributed by atoms with van der Waals surface area (Å²) in [5.41, 5.74) is 1.70. The lowest BCUT2D eigenvalue weighted by molar-refractivity contribution is -0.122. The van der Waals surface area contributed by atoms with Gasteiger partial charge in [0.05, 0.1) is 0 Å². The Hall–Kier alpha value is -1.48.